The van der Waals surface area contributed by atoms with Crippen LogP contribution in [0.25, 0.3) is 55.6 Å². The summed E-state index contributed by atoms with van der Waals surface area (Å²) in [6, 6.07) is 67.1. The minimum atomic E-state index is -0.418. The third-order valence-electron chi connectivity index (χ3n) is 11.6. The highest BCUT2D eigenvalue weighted by Gasteiger charge is 2.51. The lowest BCUT2D eigenvalue weighted by molar-refractivity contribution is 0.794. The number of hydrogen-bond acceptors (Lipinski definition) is 1. The summed E-state index contributed by atoms with van der Waals surface area (Å²) in [6.45, 7) is 0. The lowest BCUT2D eigenvalue weighted by atomic mass is 9.70. The summed E-state index contributed by atoms with van der Waals surface area (Å²) in [5.74, 6) is 0. The van der Waals surface area contributed by atoms with E-state index in [1.54, 1.807) is 0 Å². The lowest BCUT2D eigenvalue weighted by Crippen LogP contribution is -2.25. The van der Waals surface area contributed by atoms with Crippen LogP contribution >= 0.6 is 0 Å². The number of anilines is 3. The van der Waals surface area contributed by atoms with E-state index in [0.29, 0.717) is 5.56 Å². The Labute approximate surface area is 335 Å². The van der Waals surface area contributed by atoms with Crippen LogP contribution in [0.3, 0.4) is 0 Å². The van der Waals surface area contributed by atoms with Crippen LogP contribution in [0.5, 0.6) is 0 Å². The summed E-state index contributed by atoms with van der Waals surface area (Å²) in [5, 5.41) is 0. The highest BCUT2D eigenvalue weighted by molar-refractivity contribution is 5.96. The number of rotatable bonds is 6. The molecule has 9 aromatic rings. The van der Waals surface area contributed by atoms with Gasteiger partial charge in [-0.05, 0) is 120 Å². The molecule has 0 fully saturated rings. The van der Waals surface area contributed by atoms with Crippen LogP contribution in [-0.4, -0.2) is 0 Å². The van der Waals surface area contributed by atoms with Crippen LogP contribution in [0.4, 0.5) is 17.1 Å². The van der Waals surface area contributed by atoms with Crippen molar-refractivity contribution in [2.24, 2.45) is 0 Å². The Morgan fingerprint density at radius 3 is 1.18 bits per heavy atom. The van der Waals surface area contributed by atoms with Crippen molar-refractivity contribution in [2.45, 2.75) is 5.41 Å². The van der Waals surface area contributed by atoms with Gasteiger partial charge in [-0.25, -0.2) is 0 Å². The maximum absolute atomic E-state index is 8.57. The van der Waals surface area contributed by atoms with Crippen molar-refractivity contribution in [2.75, 3.05) is 4.90 Å². The molecule has 56 heavy (non-hydrogen) atoms. The lowest BCUT2D eigenvalue weighted by Gasteiger charge is -2.30. The van der Waals surface area contributed by atoms with Crippen molar-refractivity contribution in [1.82, 2.24) is 0 Å². The molecule has 0 amide bonds. The van der Waals surface area contributed by atoms with Crippen molar-refractivity contribution in [3.8, 4) is 55.6 Å². The van der Waals surface area contributed by atoms with Gasteiger partial charge in [0.15, 0.2) is 0 Å². The zero-order valence-electron chi connectivity index (χ0n) is 35.4. The largest absolute Gasteiger partial charge is 0.311 e. The van der Waals surface area contributed by atoms with Gasteiger partial charge >= 0.3 is 0 Å². The molecule has 9 aromatic carbocycles. The van der Waals surface area contributed by atoms with Gasteiger partial charge in [0.05, 0.1) is 12.3 Å². The van der Waals surface area contributed by atoms with Gasteiger partial charge in [0, 0.05) is 17.1 Å². The fourth-order valence-corrected chi connectivity index (χ4v) is 9.13. The quantitative estimate of drug-likeness (QED) is 0.166. The van der Waals surface area contributed by atoms with E-state index in [-0.39, 0.29) is 29.7 Å². The zero-order chi connectivity index (χ0) is 41.4. The van der Waals surface area contributed by atoms with E-state index < -0.39 is 11.5 Å². The van der Waals surface area contributed by atoms with Gasteiger partial charge in [-0.15, -0.1) is 0 Å². The molecule has 2 aliphatic carbocycles. The third kappa shape index (κ3) is 4.95. The normalized spacial score (nSPS) is 14.0. The summed E-state index contributed by atoms with van der Waals surface area (Å²) in [7, 11) is 0. The minimum Gasteiger partial charge on any atom is -0.311 e. The van der Waals surface area contributed by atoms with Crippen molar-refractivity contribution in [3.05, 3.63) is 247 Å². The van der Waals surface area contributed by atoms with Crippen LogP contribution in [0, 0.1) is 0 Å². The molecule has 0 saturated heterocycles. The average molecular weight is 717 g/mol. The predicted molar refractivity (Wildman–Crippen MR) is 234 cm³/mol. The maximum atomic E-state index is 8.57. The standard InChI is InChI=1S/C55H37N/c1-3-13-38(14-4-1)40-23-30-44(31-24-40)56(45-32-25-41(26-33-45)39-15-5-2-6-16-39)46-34-27-42(28-35-46)43-29-36-50-49-19-9-12-22-53(49)55(54(50)37-43)51-20-10-7-17-47(51)48-18-8-11-21-52(48)55/h1-37H/i1D,3D,4D,13D,14D. The molecule has 0 aliphatic heterocycles. The second-order valence-corrected chi connectivity index (χ2v) is 14.5. The van der Waals surface area contributed by atoms with Crippen LogP contribution in [0.1, 0.15) is 29.1 Å². The molecule has 0 saturated carbocycles. The Bertz CT molecular complexity index is 3080. The SMILES string of the molecule is [2H]c1c([2H])c([2H])c(-c2ccc(N(c3ccc(-c4ccccc4)cc3)c3ccc(-c4ccc5c(c4)C4(c6ccccc6-c6ccccc64)c4ccccc4-5)cc3)cc2)c([2H])c1[2H]. The molecular weight excluding hydrogens is 675 g/mol. The molecule has 1 heteroatoms. The molecule has 11 rings (SSSR count). The van der Waals surface area contributed by atoms with Gasteiger partial charge < -0.3 is 4.90 Å². The first-order valence-corrected chi connectivity index (χ1v) is 19.0. The topological polar surface area (TPSA) is 3.24 Å². The Balaban J connectivity index is 1.01. The van der Waals surface area contributed by atoms with Crippen LogP contribution in [0.2, 0.25) is 0 Å². The molecule has 0 radical (unpaired) electrons. The molecule has 0 unspecified atom stereocenters. The van der Waals surface area contributed by atoms with Gasteiger partial charge in [0.25, 0.3) is 0 Å². The summed E-state index contributed by atoms with van der Waals surface area (Å²) < 4.78 is 41.7. The van der Waals surface area contributed by atoms with Crippen molar-refractivity contribution >= 4 is 17.1 Å². The maximum Gasteiger partial charge on any atom is 0.0725 e. The van der Waals surface area contributed by atoms with Gasteiger partial charge in [0.1, 0.15) is 0 Å². The number of benzene rings is 9. The highest BCUT2D eigenvalue weighted by Crippen LogP contribution is 2.63. The molecule has 1 spiro atoms. The fourth-order valence-electron chi connectivity index (χ4n) is 9.13. The van der Waals surface area contributed by atoms with E-state index in [4.69, 9.17) is 6.85 Å². The highest BCUT2D eigenvalue weighted by atomic mass is 15.1. The molecule has 0 atom stereocenters. The summed E-state index contributed by atoms with van der Waals surface area (Å²) in [4.78, 5) is 2.19. The van der Waals surface area contributed by atoms with Crippen molar-refractivity contribution in [3.63, 3.8) is 0 Å². The zero-order valence-corrected chi connectivity index (χ0v) is 30.4. The molecule has 2 aliphatic rings. The molecule has 1 nitrogen and oxygen atoms in total. The summed E-state index contributed by atoms with van der Waals surface area (Å²) in [6.07, 6.45) is 0. The smallest absolute Gasteiger partial charge is 0.0725 e. The van der Waals surface area contributed by atoms with Crippen molar-refractivity contribution in [1.29, 1.82) is 0 Å². The van der Waals surface area contributed by atoms with Gasteiger partial charge in [-0.3, -0.25) is 0 Å². The van der Waals surface area contributed by atoms with E-state index in [0.717, 1.165) is 39.3 Å². The molecule has 262 valence electrons. The Morgan fingerprint density at radius 1 is 0.304 bits per heavy atom. The molecule has 0 N–H and O–H groups in total. The van der Waals surface area contributed by atoms with Crippen LogP contribution in [-0.2, 0) is 5.41 Å². The fraction of sp³-hybridized carbons (Fsp3) is 0.0182. The van der Waals surface area contributed by atoms with Gasteiger partial charge in [-0.1, -0.05) is 182 Å². The van der Waals surface area contributed by atoms with Gasteiger partial charge in [-0.2, -0.15) is 0 Å². The first-order chi connectivity index (χ1) is 29.8. The van der Waals surface area contributed by atoms with E-state index >= 15 is 0 Å². The minimum absolute atomic E-state index is 0.185. The second-order valence-electron chi connectivity index (χ2n) is 14.5. The number of fused-ring (bicyclic) bond motifs is 10. The molecule has 0 bridgehead atoms. The van der Waals surface area contributed by atoms with Crippen LogP contribution < -0.4 is 4.90 Å². The third-order valence-corrected chi connectivity index (χ3v) is 11.6. The molecule has 0 aromatic heterocycles. The summed E-state index contributed by atoms with van der Waals surface area (Å²) in [5.41, 5.74) is 18.0. The Kier molecular flexibility index (Phi) is 6.34. The van der Waals surface area contributed by atoms with Crippen molar-refractivity contribution < 1.29 is 6.85 Å². The van der Waals surface area contributed by atoms with Gasteiger partial charge in [0.2, 0.25) is 0 Å². The monoisotopic (exact) mass is 716 g/mol. The van der Waals surface area contributed by atoms with E-state index in [1.807, 2.05) is 42.5 Å². The average Bonchev–Trinajstić information content (AvgIpc) is 3.79. The summed E-state index contributed by atoms with van der Waals surface area (Å²) >= 11 is 0. The Hall–Kier alpha value is -7.22. The number of nitrogens with zero attached hydrogens (tertiary/aromatic N) is 1. The molecule has 0 heterocycles. The molecular formula is C55H37N. The predicted octanol–water partition coefficient (Wildman–Crippen LogP) is 14.5. The number of hydrogen-bond donors (Lipinski definition) is 0. The Morgan fingerprint density at radius 2 is 0.679 bits per heavy atom. The second kappa shape index (κ2) is 13.0. The van der Waals surface area contributed by atoms with E-state index in [9.17, 15) is 0 Å². The van der Waals surface area contributed by atoms with E-state index in [2.05, 4.69) is 157 Å². The van der Waals surface area contributed by atoms with Crippen LogP contribution in [0.15, 0.2) is 224 Å². The first-order valence-electron chi connectivity index (χ1n) is 21.5. The first kappa shape index (κ1) is 27.4. The van der Waals surface area contributed by atoms with E-state index in [1.165, 1.54) is 44.5 Å².